The molecule has 0 aliphatic rings. The van der Waals surface area contributed by atoms with Gasteiger partial charge in [0.2, 0.25) is 0 Å². The van der Waals surface area contributed by atoms with Gasteiger partial charge in [-0.3, -0.25) is 0 Å². The lowest BCUT2D eigenvalue weighted by atomic mass is 9.97. The third kappa shape index (κ3) is 5.97. The van der Waals surface area contributed by atoms with Gasteiger partial charge in [0.1, 0.15) is 11.2 Å². The highest BCUT2D eigenvalue weighted by atomic mass is 16.3. The van der Waals surface area contributed by atoms with Crippen LogP contribution in [-0.4, -0.2) is 4.57 Å². The maximum Gasteiger partial charge on any atom is 0.145 e. The Labute approximate surface area is 376 Å². The lowest BCUT2D eigenvalue weighted by Crippen LogP contribution is -2.10. The van der Waals surface area contributed by atoms with Crippen LogP contribution in [-0.2, 0) is 0 Å². The first-order chi connectivity index (χ1) is 32.3. The van der Waals surface area contributed by atoms with Crippen LogP contribution in [0.2, 0.25) is 0 Å². The van der Waals surface area contributed by atoms with Gasteiger partial charge < -0.3 is 13.9 Å². The summed E-state index contributed by atoms with van der Waals surface area (Å²) in [6.07, 6.45) is 0. The van der Waals surface area contributed by atoms with Crippen molar-refractivity contribution in [3.05, 3.63) is 243 Å². The van der Waals surface area contributed by atoms with Gasteiger partial charge in [-0.15, -0.1) is 0 Å². The Bertz CT molecular complexity index is 3940. The Balaban J connectivity index is 1.04. The molecule has 3 nitrogen and oxygen atoms in total. The van der Waals surface area contributed by atoms with Gasteiger partial charge in [0.15, 0.2) is 0 Å². The molecule has 0 amide bonds. The SMILES string of the molecule is c1ccc(-c2ccc(N(c3ccc(-c4cccc5ccccc45)cc3)c3cccc(-c4cccc5c4c4ccccc4n5-c4cccc5ccccc45)c3)c3c2oc2ccccc23)cc1. The number of hydrogen-bond donors (Lipinski definition) is 0. The fourth-order valence-electron chi connectivity index (χ4n) is 10.3. The molecule has 13 rings (SSSR count). The summed E-state index contributed by atoms with van der Waals surface area (Å²) in [5, 5.41) is 9.53. The first-order valence-corrected chi connectivity index (χ1v) is 22.3. The molecule has 0 radical (unpaired) electrons. The Morgan fingerprint density at radius 3 is 1.78 bits per heavy atom. The van der Waals surface area contributed by atoms with Gasteiger partial charge in [-0.2, -0.15) is 0 Å². The number of furan rings is 1. The van der Waals surface area contributed by atoms with E-state index in [1.165, 1.54) is 65.7 Å². The van der Waals surface area contributed by atoms with E-state index in [9.17, 15) is 0 Å². The molecule has 0 bridgehead atoms. The monoisotopic (exact) mass is 828 g/mol. The summed E-state index contributed by atoms with van der Waals surface area (Å²) in [5.74, 6) is 0. The number of aromatic nitrogens is 1. The molecule has 11 aromatic carbocycles. The average Bonchev–Trinajstić information content (AvgIpc) is 3.94. The van der Waals surface area contributed by atoms with Crippen molar-refractivity contribution in [1.82, 2.24) is 4.57 Å². The number of anilines is 3. The van der Waals surface area contributed by atoms with Gasteiger partial charge in [0, 0.05) is 38.5 Å². The average molecular weight is 829 g/mol. The van der Waals surface area contributed by atoms with Crippen LogP contribution in [0.4, 0.5) is 17.1 Å². The molecule has 2 heterocycles. The van der Waals surface area contributed by atoms with Crippen molar-refractivity contribution in [2.24, 2.45) is 0 Å². The van der Waals surface area contributed by atoms with Crippen molar-refractivity contribution in [1.29, 1.82) is 0 Å². The van der Waals surface area contributed by atoms with E-state index in [4.69, 9.17) is 4.42 Å². The van der Waals surface area contributed by atoms with Crippen LogP contribution in [0.5, 0.6) is 0 Å². The van der Waals surface area contributed by atoms with Gasteiger partial charge in [-0.25, -0.2) is 0 Å². The Morgan fingerprint density at radius 2 is 0.938 bits per heavy atom. The number of nitrogens with zero attached hydrogens (tertiary/aromatic N) is 2. The highest BCUT2D eigenvalue weighted by Crippen LogP contribution is 2.48. The first kappa shape index (κ1) is 36.9. The summed E-state index contributed by atoms with van der Waals surface area (Å²) in [4.78, 5) is 2.41. The Morgan fingerprint density at radius 1 is 0.338 bits per heavy atom. The zero-order chi connectivity index (χ0) is 42.8. The van der Waals surface area contributed by atoms with Crippen LogP contribution in [0.3, 0.4) is 0 Å². The number of fused-ring (bicyclic) bond motifs is 8. The second kappa shape index (κ2) is 15.0. The molecule has 2 aromatic heterocycles. The van der Waals surface area contributed by atoms with E-state index in [2.05, 4.69) is 252 Å². The van der Waals surface area contributed by atoms with Crippen molar-refractivity contribution in [2.75, 3.05) is 4.90 Å². The predicted octanol–water partition coefficient (Wildman–Crippen LogP) is 17.5. The van der Waals surface area contributed by atoms with Crippen molar-refractivity contribution in [3.8, 4) is 39.1 Å². The summed E-state index contributed by atoms with van der Waals surface area (Å²) in [5.41, 5.74) is 15.3. The molecule has 0 saturated carbocycles. The second-order valence-corrected chi connectivity index (χ2v) is 16.8. The molecule has 0 spiro atoms. The van der Waals surface area contributed by atoms with Crippen LogP contribution in [0.15, 0.2) is 247 Å². The van der Waals surface area contributed by atoms with Gasteiger partial charge in [0.25, 0.3) is 0 Å². The van der Waals surface area contributed by atoms with E-state index in [0.717, 1.165) is 55.7 Å². The van der Waals surface area contributed by atoms with E-state index in [-0.39, 0.29) is 0 Å². The summed E-state index contributed by atoms with van der Waals surface area (Å²) >= 11 is 0. The third-order valence-electron chi connectivity index (χ3n) is 13.2. The molecule has 0 fully saturated rings. The van der Waals surface area contributed by atoms with Crippen LogP contribution in [0.1, 0.15) is 0 Å². The smallest absolute Gasteiger partial charge is 0.145 e. The highest BCUT2D eigenvalue weighted by Gasteiger charge is 2.24. The summed E-state index contributed by atoms with van der Waals surface area (Å²) < 4.78 is 9.28. The minimum absolute atomic E-state index is 0.862. The normalized spacial score (nSPS) is 11.7. The number of rotatable bonds is 7. The van der Waals surface area contributed by atoms with Crippen molar-refractivity contribution < 1.29 is 4.42 Å². The Hall–Kier alpha value is -8.66. The molecule has 0 unspecified atom stereocenters. The molecular weight excluding hydrogens is 789 g/mol. The molecule has 0 atom stereocenters. The molecule has 304 valence electrons. The molecule has 0 saturated heterocycles. The van der Waals surface area contributed by atoms with E-state index in [0.29, 0.717) is 0 Å². The van der Waals surface area contributed by atoms with Crippen LogP contribution in [0, 0.1) is 0 Å². The highest BCUT2D eigenvalue weighted by molar-refractivity contribution is 6.18. The van der Waals surface area contributed by atoms with Crippen LogP contribution >= 0.6 is 0 Å². The minimum atomic E-state index is 0.862. The lowest BCUT2D eigenvalue weighted by molar-refractivity contribution is 0.670. The zero-order valence-electron chi connectivity index (χ0n) is 35.4. The summed E-state index contributed by atoms with van der Waals surface area (Å²) in [7, 11) is 0. The quantitative estimate of drug-likeness (QED) is 0.160. The summed E-state index contributed by atoms with van der Waals surface area (Å²) in [6.45, 7) is 0. The molecule has 0 N–H and O–H groups in total. The van der Waals surface area contributed by atoms with E-state index in [1.54, 1.807) is 0 Å². The predicted molar refractivity (Wildman–Crippen MR) is 274 cm³/mol. The van der Waals surface area contributed by atoms with Gasteiger partial charge in [-0.1, -0.05) is 182 Å². The number of benzene rings is 11. The molecule has 65 heavy (non-hydrogen) atoms. The fourth-order valence-corrected chi connectivity index (χ4v) is 10.3. The Kier molecular flexibility index (Phi) is 8.53. The van der Waals surface area contributed by atoms with Gasteiger partial charge in [-0.05, 0) is 105 Å². The molecule has 3 heteroatoms. The number of hydrogen-bond acceptors (Lipinski definition) is 2. The maximum atomic E-state index is 6.84. The third-order valence-corrected chi connectivity index (χ3v) is 13.2. The second-order valence-electron chi connectivity index (χ2n) is 16.8. The first-order valence-electron chi connectivity index (χ1n) is 22.3. The van der Waals surface area contributed by atoms with E-state index in [1.807, 2.05) is 0 Å². The van der Waals surface area contributed by atoms with Gasteiger partial charge >= 0.3 is 0 Å². The largest absolute Gasteiger partial charge is 0.455 e. The zero-order valence-corrected chi connectivity index (χ0v) is 35.4. The molecule has 0 aliphatic carbocycles. The van der Waals surface area contributed by atoms with Crippen LogP contribution < -0.4 is 4.90 Å². The maximum absolute atomic E-state index is 6.84. The van der Waals surface area contributed by atoms with Crippen LogP contribution in [0.25, 0.3) is 104 Å². The molecule has 13 aromatic rings. The summed E-state index contributed by atoms with van der Waals surface area (Å²) in [6, 6.07) is 87.6. The molecular formula is C62H40N2O. The lowest BCUT2D eigenvalue weighted by Gasteiger charge is -2.27. The minimum Gasteiger partial charge on any atom is -0.455 e. The van der Waals surface area contributed by atoms with E-state index < -0.39 is 0 Å². The van der Waals surface area contributed by atoms with Crippen molar-refractivity contribution >= 4 is 82.4 Å². The van der Waals surface area contributed by atoms with Gasteiger partial charge in [0.05, 0.1) is 27.8 Å². The van der Waals surface area contributed by atoms with Crippen molar-refractivity contribution in [3.63, 3.8) is 0 Å². The fraction of sp³-hybridized carbons (Fsp3) is 0. The standard InChI is InChI=1S/C62H40N2O/c1-2-16-43(17-3-1)52-38-39-58(61-54-27-9-11-33-59(54)65-62(52)61)63(46-36-34-44(35-37-46)49-28-13-20-41-18-4-6-24-48(41)49)47-23-12-22-45(40-47)51-29-15-32-57-60(51)53-26-8-10-30-56(53)64(57)55-31-14-21-42-19-5-7-25-50(42)55/h1-40H. The van der Waals surface area contributed by atoms with E-state index >= 15 is 0 Å². The topological polar surface area (TPSA) is 21.3 Å². The molecule has 0 aliphatic heterocycles. The number of para-hydroxylation sites is 2. The van der Waals surface area contributed by atoms with Crippen molar-refractivity contribution in [2.45, 2.75) is 0 Å².